The first kappa shape index (κ1) is 17.9. The van der Waals surface area contributed by atoms with Gasteiger partial charge in [0.1, 0.15) is 11.0 Å². The maximum atomic E-state index is 12.9. The Bertz CT molecular complexity index is 703. The molecule has 0 spiro atoms. The van der Waals surface area contributed by atoms with Crippen molar-refractivity contribution in [3.8, 4) is 0 Å². The van der Waals surface area contributed by atoms with Crippen molar-refractivity contribution in [1.82, 2.24) is 0 Å². The molecule has 2 bridgehead atoms. The normalized spacial score (nSPS) is 41.1. The van der Waals surface area contributed by atoms with Gasteiger partial charge in [0.25, 0.3) is 0 Å². The largest absolute Gasteiger partial charge is 0.478 e. The molecule has 5 nitrogen and oxygen atoms in total. The number of aliphatic carboxylic acids is 1. The number of carbonyl (C=O) groups excluding carboxylic acids is 1. The standard InChI is InChI=1S/C20H26O5/c1-13-6-10-19-11-8-15(20(19,24)12-7-13)18(3,25-17(19)23)9-4-5-14(2)16(21)22/h4-6,9,15,24H,7-8,10-12H2,1-3H3,(H,21,22)/b9-4+,14-5+/t15-,18-,19+,20-/m0/s1. The molecule has 1 saturated heterocycles. The van der Waals surface area contributed by atoms with Gasteiger partial charge >= 0.3 is 11.9 Å². The van der Waals surface area contributed by atoms with Crippen LogP contribution >= 0.6 is 0 Å². The maximum Gasteiger partial charge on any atom is 0.331 e. The highest BCUT2D eigenvalue weighted by atomic mass is 16.6. The first-order valence-corrected chi connectivity index (χ1v) is 8.85. The summed E-state index contributed by atoms with van der Waals surface area (Å²) in [4.78, 5) is 23.9. The molecule has 2 N–H and O–H groups in total. The summed E-state index contributed by atoms with van der Waals surface area (Å²) in [6, 6.07) is 0. The third kappa shape index (κ3) is 2.56. The first-order valence-electron chi connectivity index (χ1n) is 8.85. The van der Waals surface area contributed by atoms with E-state index in [0.717, 1.165) is 12.8 Å². The molecule has 25 heavy (non-hydrogen) atoms. The van der Waals surface area contributed by atoms with E-state index < -0.39 is 22.6 Å². The Morgan fingerprint density at radius 1 is 1.40 bits per heavy atom. The number of rotatable bonds is 3. The lowest BCUT2D eigenvalue weighted by atomic mass is 9.62. The van der Waals surface area contributed by atoms with Crippen LogP contribution in [0.2, 0.25) is 0 Å². The van der Waals surface area contributed by atoms with Crippen molar-refractivity contribution in [2.75, 3.05) is 0 Å². The molecule has 0 radical (unpaired) electrons. The van der Waals surface area contributed by atoms with Gasteiger partial charge in [-0.3, -0.25) is 4.79 Å². The summed E-state index contributed by atoms with van der Waals surface area (Å²) in [5.41, 5.74) is -1.44. The van der Waals surface area contributed by atoms with Gasteiger partial charge in [-0.15, -0.1) is 0 Å². The van der Waals surface area contributed by atoms with E-state index in [1.54, 1.807) is 12.2 Å². The summed E-state index contributed by atoms with van der Waals surface area (Å²) in [7, 11) is 0. The van der Waals surface area contributed by atoms with Crippen LogP contribution in [0.5, 0.6) is 0 Å². The second-order valence-corrected chi connectivity index (χ2v) is 7.94. The lowest BCUT2D eigenvalue weighted by molar-refractivity contribution is -0.224. The SMILES string of the molecule is CC1=CC[C@@]23CC[C@@H]([C@](C)(/C=C/C=C(\C)C(=O)O)OC2=O)[C@@]3(O)CC1. The third-order valence-electron chi connectivity index (χ3n) is 6.47. The summed E-state index contributed by atoms with van der Waals surface area (Å²) in [5, 5.41) is 20.6. The van der Waals surface area contributed by atoms with Gasteiger partial charge in [0.15, 0.2) is 0 Å². The van der Waals surface area contributed by atoms with Crippen molar-refractivity contribution < 1.29 is 24.5 Å². The molecule has 1 saturated carbocycles. The lowest BCUT2D eigenvalue weighted by Crippen LogP contribution is -2.63. The molecule has 136 valence electrons. The zero-order valence-electron chi connectivity index (χ0n) is 15.0. The van der Waals surface area contributed by atoms with E-state index in [1.165, 1.54) is 18.6 Å². The number of aliphatic hydroxyl groups is 1. The van der Waals surface area contributed by atoms with Crippen LogP contribution in [0.25, 0.3) is 0 Å². The molecule has 5 heteroatoms. The van der Waals surface area contributed by atoms with Crippen LogP contribution in [-0.2, 0) is 14.3 Å². The average Bonchev–Trinajstić information content (AvgIpc) is 2.69. The number of cyclic esters (lactones) is 1. The molecule has 2 aliphatic carbocycles. The highest BCUT2D eigenvalue weighted by Crippen LogP contribution is 2.63. The number of ether oxygens (including phenoxy) is 1. The van der Waals surface area contributed by atoms with E-state index in [9.17, 15) is 14.7 Å². The van der Waals surface area contributed by atoms with Crippen LogP contribution in [0.1, 0.15) is 52.9 Å². The van der Waals surface area contributed by atoms with E-state index in [2.05, 4.69) is 6.08 Å². The molecule has 0 aromatic carbocycles. The fraction of sp³-hybridized carbons (Fsp3) is 0.600. The number of carbonyl (C=O) groups is 2. The van der Waals surface area contributed by atoms with Gasteiger partial charge in [-0.1, -0.05) is 23.8 Å². The highest BCUT2D eigenvalue weighted by Gasteiger charge is 2.71. The van der Waals surface area contributed by atoms with Crippen LogP contribution in [0, 0.1) is 11.3 Å². The van der Waals surface area contributed by atoms with Gasteiger partial charge in [0.05, 0.1) is 5.60 Å². The van der Waals surface area contributed by atoms with Crippen LogP contribution in [0.15, 0.2) is 35.5 Å². The monoisotopic (exact) mass is 346 g/mol. The van der Waals surface area contributed by atoms with E-state index in [4.69, 9.17) is 9.84 Å². The van der Waals surface area contributed by atoms with E-state index in [0.29, 0.717) is 19.3 Å². The lowest BCUT2D eigenvalue weighted by Gasteiger charge is -2.52. The molecule has 0 aromatic rings. The number of carboxylic acids is 1. The van der Waals surface area contributed by atoms with Crippen LogP contribution < -0.4 is 0 Å². The van der Waals surface area contributed by atoms with Crippen molar-refractivity contribution in [3.63, 3.8) is 0 Å². The van der Waals surface area contributed by atoms with Crippen molar-refractivity contribution in [1.29, 1.82) is 0 Å². The quantitative estimate of drug-likeness (QED) is 0.355. The highest BCUT2D eigenvalue weighted by molar-refractivity contribution is 5.86. The molecule has 2 fully saturated rings. The minimum Gasteiger partial charge on any atom is -0.478 e. The average molecular weight is 346 g/mol. The van der Waals surface area contributed by atoms with E-state index >= 15 is 0 Å². The van der Waals surface area contributed by atoms with Gasteiger partial charge in [-0.2, -0.15) is 0 Å². The molecule has 4 atom stereocenters. The summed E-state index contributed by atoms with van der Waals surface area (Å²) >= 11 is 0. The van der Waals surface area contributed by atoms with Crippen LogP contribution in [0.3, 0.4) is 0 Å². The Morgan fingerprint density at radius 3 is 2.80 bits per heavy atom. The summed E-state index contributed by atoms with van der Waals surface area (Å²) in [6.45, 7) is 5.36. The second kappa shape index (κ2) is 5.84. The number of esters is 1. The molecule has 0 amide bonds. The van der Waals surface area contributed by atoms with Crippen LogP contribution in [-0.4, -0.2) is 33.4 Å². The summed E-state index contributed by atoms with van der Waals surface area (Å²) in [6.07, 6.45) is 10.1. The molecule has 1 heterocycles. The minimum atomic E-state index is -1.08. The second-order valence-electron chi connectivity index (χ2n) is 7.94. The topological polar surface area (TPSA) is 83.8 Å². The zero-order valence-corrected chi connectivity index (χ0v) is 15.0. The van der Waals surface area contributed by atoms with Crippen molar-refractivity contribution in [2.24, 2.45) is 11.3 Å². The van der Waals surface area contributed by atoms with Crippen molar-refractivity contribution >= 4 is 11.9 Å². The summed E-state index contributed by atoms with van der Waals surface area (Å²) in [5.74, 6) is -1.51. The molecular weight excluding hydrogens is 320 g/mol. The number of carboxylic acid groups (broad SMARTS) is 1. The van der Waals surface area contributed by atoms with E-state index in [1.807, 2.05) is 13.8 Å². The summed E-state index contributed by atoms with van der Waals surface area (Å²) < 4.78 is 5.83. The van der Waals surface area contributed by atoms with Crippen LogP contribution in [0.4, 0.5) is 0 Å². The smallest absolute Gasteiger partial charge is 0.331 e. The zero-order chi connectivity index (χ0) is 18.5. The Balaban J connectivity index is 1.97. The number of hydrogen-bond acceptors (Lipinski definition) is 4. The fourth-order valence-corrected chi connectivity index (χ4v) is 4.81. The van der Waals surface area contributed by atoms with E-state index in [-0.39, 0.29) is 17.5 Å². The third-order valence-corrected chi connectivity index (χ3v) is 6.47. The van der Waals surface area contributed by atoms with Gasteiger partial charge in [0, 0.05) is 11.5 Å². The van der Waals surface area contributed by atoms with Gasteiger partial charge in [-0.05, 0) is 59.0 Å². The Kier molecular flexibility index (Phi) is 4.18. The molecule has 3 rings (SSSR count). The predicted molar refractivity (Wildman–Crippen MR) is 92.7 cm³/mol. The molecule has 0 aromatic heterocycles. The molecule has 1 aliphatic heterocycles. The maximum absolute atomic E-state index is 12.9. The van der Waals surface area contributed by atoms with Crippen molar-refractivity contribution in [2.45, 2.75) is 64.1 Å². The predicted octanol–water partition coefficient (Wildman–Crippen LogP) is 3.15. The van der Waals surface area contributed by atoms with Gasteiger partial charge < -0.3 is 14.9 Å². The van der Waals surface area contributed by atoms with Gasteiger partial charge in [0.2, 0.25) is 0 Å². The number of allylic oxidation sites excluding steroid dienone is 4. The van der Waals surface area contributed by atoms with Crippen molar-refractivity contribution in [3.05, 3.63) is 35.5 Å². The molecular formula is C20H26O5. The Morgan fingerprint density at radius 2 is 2.12 bits per heavy atom. The molecule has 3 aliphatic rings. The first-order chi connectivity index (χ1) is 11.6. The Hall–Kier alpha value is -1.88. The van der Waals surface area contributed by atoms with Gasteiger partial charge in [-0.25, -0.2) is 4.79 Å². The fourth-order valence-electron chi connectivity index (χ4n) is 4.81. The number of hydrogen-bond donors (Lipinski definition) is 2. The molecule has 0 unspecified atom stereocenters. The Labute approximate surface area is 148 Å². The minimum absolute atomic E-state index is 0.188.